The van der Waals surface area contributed by atoms with E-state index in [2.05, 4.69) is 5.32 Å². The maximum atomic E-state index is 12.2. The number of carboxylic acid groups (broad SMARTS) is 1. The van der Waals surface area contributed by atoms with Gasteiger partial charge in [-0.05, 0) is 23.9 Å². The fraction of sp³-hybridized carbons (Fsp3) is 0.286. The lowest BCUT2D eigenvalue weighted by atomic mass is 10.1. The van der Waals surface area contributed by atoms with Crippen LogP contribution in [0, 0.1) is 6.92 Å². The number of rotatable bonds is 5. The van der Waals surface area contributed by atoms with Gasteiger partial charge in [-0.1, -0.05) is 18.2 Å². The number of thiophene rings is 1. The van der Waals surface area contributed by atoms with Gasteiger partial charge in [-0.3, -0.25) is 4.79 Å². The van der Waals surface area contributed by atoms with Crippen molar-refractivity contribution in [3.63, 3.8) is 0 Å². The summed E-state index contributed by atoms with van der Waals surface area (Å²) in [5.74, 6) is -1.56. The van der Waals surface area contributed by atoms with Crippen molar-refractivity contribution in [1.82, 2.24) is 5.32 Å². The summed E-state index contributed by atoms with van der Waals surface area (Å²) < 4.78 is 0.990. The first-order chi connectivity index (χ1) is 9.54. The second kappa shape index (κ2) is 6.02. The second-order valence-corrected chi connectivity index (χ2v) is 5.48. The van der Waals surface area contributed by atoms with E-state index in [1.54, 1.807) is 0 Å². The summed E-state index contributed by atoms with van der Waals surface area (Å²) >= 11 is 1.34. The van der Waals surface area contributed by atoms with Crippen LogP contribution in [0.3, 0.4) is 0 Å². The van der Waals surface area contributed by atoms with Gasteiger partial charge in [-0.15, -0.1) is 11.3 Å². The van der Waals surface area contributed by atoms with E-state index in [0.717, 1.165) is 15.6 Å². The summed E-state index contributed by atoms with van der Waals surface area (Å²) in [6.45, 7) is 1.55. The van der Waals surface area contributed by atoms with Crippen molar-refractivity contribution < 1.29 is 19.8 Å². The fourth-order valence-corrected chi connectivity index (χ4v) is 3.11. The smallest absolute Gasteiger partial charge is 0.326 e. The van der Waals surface area contributed by atoms with E-state index < -0.39 is 17.9 Å². The van der Waals surface area contributed by atoms with Crippen LogP contribution in [0.2, 0.25) is 0 Å². The quantitative estimate of drug-likeness (QED) is 0.784. The molecule has 1 heterocycles. The Labute approximate surface area is 119 Å². The van der Waals surface area contributed by atoms with Crippen LogP contribution in [0.25, 0.3) is 10.1 Å². The van der Waals surface area contributed by atoms with E-state index in [1.807, 2.05) is 31.2 Å². The van der Waals surface area contributed by atoms with Gasteiger partial charge >= 0.3 is 5.97 Å². The van der Waals surface area contributed by atoms with Gasteiger partial charge in [0.15, 0.2) is 0 Å². The Morgan fingerprint density at radius 2 is 2.05 bits per heavy atom. The number of fused-ring (bicyclic) bond motifs is 1. The first-order valence-corrected chi connectivity index (χ1v) is 6.99. The number of aryl methyl sites for hydroxylation is 1. The number of benzene rings is 1. The Kier molecular flexibility index (Phi) is 4.36. The molecule has 0 spiro atoms. The molecule has 0 radical (unpaired) electrons. The fourth-order valence-electron chi connectivity index (χ4n) is 2.00. The molecule has 1 aromatic heterocycles. The number of amides is 1. The number of carboxylic acids is 1. The van der Waals surface area contributed by atoms with Gasteiger partial charge in [-0.25, -0.2) is 4.79 Å². The van der Waals surface area contributed by atoms with E-state index in [0.29, 0.717) is 4.88 Å². The highest BCUT2D eigenvalue weighted by Crippen LogP contribution is 2.30. The normalized spacial score (nSPS) is 12.3. The third-order valence-electron chi connectivity index (χ3n) is 3.07. The van der Waals surface area contributed by atoms with Crippen molar-refractivity contribution in [3.05, 3.63) is 34.7 Å². The van der Waals surface area contributed by atoms with Crippen LogP contribution >= 0.6 is 11.3 Å². The monoisotopic (exact) mass is 293 g/mol. The van der Waals surface area contributed by atoms with Gasteiger partial charge in [0.1, 0.15) is 6.04 Å². The molecule has 2 aromatic rings. The number of carbonyl (C=O) groups excluding carboxylic acids is 1. The zero-order valence-electron chi connectivity index (χ0n) is 10.9. The number of aliphatic hydroxyl groups excluding tert-OH is 1. The highest BCUT2D eigenvalue weighted by atomic mass is 32.1. The predicted octanol–water partition coefficient (Wildman–Crippen LogP) is 1.78. The van der Waals surface area contributed by atoms with Gasteiger partial charge in [0.25, 0.3) is 5.91 Å². The molecule has 0 aliphatic heterocycles. The number of hydrogen-bond donors (Lipinski definition) is 3. The Hall–Kier alpha value is -1.92. The van der Waals surface area contributed by atoms with Gasteiger partial charge in [0.05, 0.1) is 4.88 Å². The number of nitrogens with one attached hydrogen (secondary N) is 1. The average molecular weight is 293 g/mol. The maximum Gasteiger partial charge on any atom is 0.326 e. The van der Waals surface area contributed by atoms with Crippen LogP contribution in [0.4, 0.5) is 0 Å². The summed E-state index contributed by atoms with van der Waals surface area (Å²) in [6, 6.07) is 6.57. The van der Waals surface area contributed by atoms with E-state index in [4.69, 9.17) is 10.2 Å². The molecule has 1 amide bonds. The summed E-state index contributed by atoms with van der Waals surface area (Å²) in [6.07, 6.45) is -0.00891. The first-order valence-electron chi connectivity index (χ1n) is 6.17. The highest BCUT2D eigenvalue weighted by molar-refractivity contribution is 7.21. The standard InChI is InChI=1S/C14H15NO4S/c1-8-9-4-2-3-5-11(9)20-12(8)13(17)15-10(6-7-16)14(18)19/h2-5,10,16H,6-7H2,1H3,(H,15,17)(H,18,19)/t10-/m0/s1. The molecule has 106 valence electrons. The minimum absolute atomic E-state index is 0.00891. The SMILES string of the molecule is Cc1c(C(=O)N[C@@H](CCO)C(=O)O)sc2ccccc12. The molecule has 0 saturated heterocycles. The molecule has 20 heavy (non-hydrogen) atoms. The topological polar surface area (TPSA) is 86.6 Å². The van der Waals surface area contributed by atoms with E-state index in [1.165, 1.54) is 11.3 Å². The summed E-state index contributed by atoms with van der Waals surface area (Å²) in [5.41, 5.74) is 0.844. The lowest BCUT2D eigenvalue weighted by Gasteiger charge is -2.12. The Morgan fingerprint density at radius 1 is 1.35 bits per heavy atom. The zero-order chi connectivity index (χ0) is 14.7. The molecular weight excluding hydrogens is 278 g/mol. The largest absolute Gasteiger partial charge is 0.480 e. The van der Waals surface area contributed by atoms with Crippen molar-refractivity contribution in [1.29, 1.82) is 0 Å². The predicted molar refractivity (Wildman–Crippen MR) is 77.2 cm³/mol. The van der Waals surface area contributed by atoms with Crippen molar-refractivity contribution >= 4 is 33.3 Å². The number of aliphatic carboxylic acids is 1. The molecule has 5 nitrogen and oxygen atoms in total. The molecule has 3 N–H and O–H groups in total. The Bertz CT molecular complexity index is 650. The van der Waals surface area contributed by atoms with Crippen molar-refractivity contribution in [2.24, 2.45) is 0 Å². The van der Waals surface area contributed by atoms with Gasteiger partial charge in [0, 0.05) is 17.7 Å². The summed E-state index contributed by atoms with van der Waals surface area (Å²) in [7, 11) is 0. The summed E-state index contributed by atoms with van der Waals surface area (Å²) in [4.78, 5) is 23.7. The third kappa shape index (κ3) is 2.81. The van der Waals surface area contributed by atoms with Crippen LogP contribution in [-0.4, -0.2) is 34.7 Å². The minimum Gasteiger partial charge on any atom is -0.480 e. The van der Waals surface area contributed by atoms with E-state index >= 15 is 0 Å². The zero-order valence-corrected chi connectivity index (χ0v) is 11.7. The highest BCUT2D eigenvalue weighted by Gasteiger charge is 2.22. The molecule has 0 bridgehead atoms. The minimum atomic E-state index is -1.15. The van der Waals surface area contributed by atoms with Gasteiger partial charge in [0.2, 0.25) is 0 Å². The second-order valence-electron chi connectivity index (χ2n) is 4.43. The average Bonchev–Trinajstić information content (AvgIpc) is 2.76. The summed E-state index contributed by atoms with van der Waals surface area (Å²) in [5, 5.41) is 21.3. The molecule has 2 rings (SSSR count). The molecule has 1 aromatic carbocycles. The maximum absolute atomic E-state index is 12.2. The molecule has 0 unspecified atom stereocenters. The molecule has 6 heteroatoms. The van der Waals surface area contributed by atoms with Crippen molar-refractivity contribution in [3.8, 4) is 0 Å². The molecule has 0 aliphatic rings. The number of hydrogen-bond acceptors (Lipinski definition) is 4. The molecular formula is C14H15NO4S. The van der Waals surface area contributed by atoms with Gasteiger partial charge in [-0.2, -0.15) is 0 Å². The first kappa shape index (κ1) is 14.5. The van der Waals surface area contributed by atoms with E-state index in [9.17, 15) is 9.59 Å². The van der Waals surface area contributed by atoms with Crippen LogP contribution in [0.1, 0.15) is 21.7 Å². The lowest BCUT2D eigenvalue weighted by molar-refractivity contribution is -0.139. The molecule has 0 fully saturated rings. The van der Waals surface area contributed by atoms with Crippen molar-refractivity contribution in [2.45, 2.75) is 19.4 Å². The third-order valence-corrected chi connectivity index (χ3v) is 4.34. The van der Waals surface area contributed by atoms with Crippen LogP contribution in [0.15, 0.2) is 24.3 Å². The number of carbonyl (C=O) groups is 2. The Balaban J connectivity index is 2.27. The number of aliphatic hydroxyl groups is 1. The van der Waals surface area contributed by atoms with Crippen LogP contribution in [0.5, 0.6) is 0 Å². The molecule has 0 saturated carbocycles. The Morgan fingerprint density at radius 3 is 2.65 bits per heavy atom. The van der Waals surface area contributed by atoms with Gasteiger partial charge < -0.3 is 15.5 Å². The van der Waals surface area contributed by atoms with Crippen molar-refractivity contribution in [2.75, 3.05) is 6.61 Å². The van der Waals surface area contributed by atoms with E-state index in [-0.39, 0.29) is 13.0 Å². The molecule has 1 atom stereocenters. The van der Waals surface area contributed by atoms with Crippen LogP contribution < -0.4 is 5.32 Å². The molecule has 0 aliphatic carbocycles. The lowest BCUT2D eigenvalue weighted by Crippen LogP contribution is -2.41. The van der Waals surface area contributed by atoms with Crippen LogP contribution in [-0.2, 0) is 4.79 Å².